The van der Waals surface area contributed by atoms with Crippen LogP contribution in [0, 0.1) is 0 Å². The summed E-state index contributed by atoms with van der Waals surface area (Å²) >= 11 is 7.33. The molecular weight excluding hydrogens is 300 g/mol. The predicted molar refractivity (Wildman–Crippen MR) is 75.1 cm³/mol. The SMILES string of the molecule is O=C(c1cccs1)c1cc(Cl)cc2c1OC[C@@H]2C(=O)O. The fourth-order valence-corrected chi connectivity index (χ4v) is 3.11. The first-order valence-corrected chi connectivity index (χ1v) is 7.11. The molecule has 1 aliphatic heterocycles. The smallest absolute Gasteiger partial charge is 0.314 e. The van der Waals surface area contributed by atoms with Gasteiger partial charge in [-0.05, 0) is 23.6 Å². The second kappa shape index (κ2) is 4.92. The van der Waals surface area contributed by atoms with Crippen molar-refractivity contribution < 1.29 is 19.4 Å². The molecule has 2 aromatic rings. The number of benzene rings is 1. The minimum absolute atomic E-state index is 0.0235. The van der Waals surface area contributed by atoms with Gasteiger partial charge in [0.05, 0.1) is 10.4 Å². The molecule has 0 radical (unpaired) electrons. The maximum atomic E-state index is 12.4. The van der Waals surface area contributed by atoms with Crippen LogP contribution in [-0.4, -0.2) is 23.5 Å². The van der Waals surface area contributed by atoms with Gasteiger partial charge in [-0.15, -0.1) is 11.3 Å². The number of rotatable bonds is 3. The number of ether oxygens (including phenoxy) is 1. The van der Waals surface area contributed by atoms with Gasteiger partial charge < -0.3 is 9.84 Å². The number of hydrogen-bond donors (Lipinski definition) is 1. The Morgan fingerprint density at radius 1 is 1.40 bits per heavy atom. The van der Waals surface area contributed by atoms with Crippen LogP contribution in [0.5, 0.6) is 5.75 Å². The Hall–Kier alpha value is -1.85. The molecule has 0 amide bonds. The van der Waals surface area contributed by atoms with Gasteiger partial charge in [-0.2, -0.15) is 0 Å². The molecule has 0 bridgehead atoms. The molecule has 0 fully saturated rings. The second-order valence-electron chi connectivity index (χ2n) is 4.38. The molecule has 4 nitrogen and oxygen atoms in total. The van der Waals surface area contributed by atoms with Gasteiger partial charge in [0, 0.05) is 10.6 Å². The Bertz CT molecular complexity index is 693. The Labute approximate surface area is 123 Å². The average Bonchev–Trinajstić information content (AvgIpc) is 3.05. The summed E-state index contributed by atoms with van der Waals surface area (Å²) in [4.78, 5) is 24.2. The summed E-state index contributed by atoms with van der Waals surface area (Å²) < 4.78 is 5.42. The lowest BCUT2D eigenvalue weighted by atomic mass is 9.97. The third kappa shape index (κ3) is 2.09. The summed E-state index contributed by atoms with van der Waals surface area (Å²) in [5.41, 5.74) is 0.781. The molecule has 1 aromatic heterocycles. The van der Waals surface area contributed by atoms with Crippen LogP contribution in [0.2, 0.25) is 5.02 Å². The van der Waals surface area contributed by atoms with E-state index in [4.69, 9.17) is 21.4 Å². The highest BCUT2D eigenvalue weighted by Gasteiger charge is 2.34. The van der Waals surface area contributed by atoms with E-state index >= 15 is 0 Å². The third-order valence-corrected chi connectivity index (χ3v) is 4.23. The minimum Gasteiger partial charge on any atom is -0.491 e. The molecule has 1 atom stereocenters. The van der Waals surface area contributed by atoms with Crippen molar-refractivity contribution in [1.82, 2.24) is 0 Å². The number of thiophene rings is 1. The number of carboxylic acid groups (broad SMARTS) is 1. The molecule has 0 saturated heterocycles. The lowest BCUT2D eigenvalue weighted by molar-refractivity contribution is -0.138. The van der Waals surface area contributed by atoms with Gasteiger partial charge in [0.25, 0.3) is 0 Å². The first-order valence-electron chi connectivity index (χ1n) is 5.85. The molecule has 1 N–H and O–H groups in total. The van der Waals surface area contributed by atoms with Crippen LogP contribution < -0.4 is 4.74 Å². The van der Waals surface area contributed by atoms with Crippen molar-refractivity contribution in [3.63, 3.8) is 0 Å². The number of carboxylic acids is 1. The normalized spacial score (nSPS) is 16.6. The van der Waals surface area contributed by atoms with Crippen LogP contribution in [-0.2, 0) is 4.79 Å². The molecule has 20 heavy (non-hydrogen) atoms. The minimum atomic E-state index is -0.986. The van der Waals surface area contributed by atoms with E-state index in [-0.39, 0.29) is 12.4 Å². The van der Waals surface area contributed by atoms with Gasteiger partial charge in [0.2, 0.25) is 5.78 Å². The molecule has 102 valence electrons. The van der Waals surface area contributed by atoms with Crippen molar-refractivity contribution in [1.29, 1.82) is 0 Å². The predicted octanol–water partition coefficient (Wildman–Crippen LogP) is 3.19. The lowest BCUT2D eigenvalue weighted by Gasteiger charge is -2.07. The Morgan fingerprint density at radius 2 is 2.20 bits per heavy atom. The molecule has 0 saturated carbocycles. The monoisotopic (exact) mass is 308 g/mol. The van der Waals surface area contributed by atoms with Crippen LogP contribution >= 0.6 is 22.9 Å². The van der Waals surface area contributed by atoms with Gasteiger partial charge in [-0.25, -0.2) is 0 Å². The molecular formula is C14H9ClO4S. The zero-order valence-electron chi connectivity index (χ0n) is 10.1. The lowest BCUT2D eigenvalue weighted by Crippen LogP contribution is -2.12. The first-order chi connectivity index (χ1) is 9.58. The molecule has 1 aliphatic rings. The topological polar surface area (TPSA) is 63.6 Å². The van der Waals surface area contributed by atoms with Crippen LogP contribution in [0.3, 0.4) is 0 Å². The van der Waals surface area contributed by atoms with E-state index in [9.17, 15) is 9.59 Å². The average molecular weight is 309 g/mol. The zero-order valence-corrected chi connectivity index (χ0v) is 11.7. The summed E-state index contributed by atoms with van der Waals surface area (Å²) in [7, 11) is 0. The Kier molecular flexibility index (Phi) is 3.23. The molecule has 0 spiro atoms. The van der Waals surface area contributed by atoms with Gasteiger partial charge in [-0.3, -0.25) is 9.59 Å². The number of ketones is 1. The first kappa shape index (κ1) is 13.1. The maximum Gasteiger partial charge on any atom is 0.314 e. The van der Waals surface area contributed by atoms with Crippen molar-refractivity contribution in [2.45, 2.75) is 5.92 Å². The number of aliphatic carboxylic acids is 1. The van der Waals surface area contributed by atoms with Gasteiger partial charge in [0.1, 0.15) is 18.3 Å². The van der Waals surface area contributed by atoms with E-state index in [2.05, 4.69) is 0 Å². The Balaban J connectivity index is 2.12. The van der Waals surface area contributed by atoms with E-state index in [0.29, 0.717) is 26.8 Å². The van der Waals surface area contributed by atoms with Crippen molar-refractivity contribution in [2.75, 3.05) is 6.61 Å². The molecule has 0 aliphatic carbocycles. The molecule has 1 aromatic carbocycles. The van der Waals surface area contributed by atoms with Crippen molar-refractivity contribution >= 4 is 34.7 Å². The van der Waals surface area contributed by atoms with Gasteiger partial charge in [-0.1, -0.05) is 17.7 Å². The Morgan fingerprint density at radius 3 is 2.85 bits per heavy atom. The van der Waals surface area contributed by atoms with Crippen LogP contribution in [0.1, 0.15) is 26.7 Å². The number of hydrogen-bond acceptors (Lipinski definition) is 4. The second-order valence-corrected chi connectivity index (χ2v) is 5.76. The molecule has 0 unspecified atom stereocenters. The summed E-state index contributed by atoms with van der Waals surface area (Å²) in [6, 6.07) is 6.56. The van der Waals surface area contributed by atoms with E-state index in [1.165, 1.54) is 17.4 Å². The van der Waals surface area contributed by atoms with Crippen LogP contribution in [0.4, 0.5) is 0 Å². The molecule has 3 rings (SSSR count). The summed E-state index contributed by atoms with van der Waals surface area (Å²) in [5.74, 6) is -1.64. The van der Waals surface area contributed by atoms with Crippen molar-refractivity contribution in [2.24, 2.45) is 0 Å². The summed E-state index contributed by atoms with van der Waals surface area (Å²) in [5, 5.41) is 11.3. The van der Waals surface area contributed by atoms with E-state index in [1.54, 1.807) is 23.6 Å². The fraction of sp³-hybridized carbons (Fsp3) is 0.143. The van der Waals surface area contributed by atoms with Gasteiger partial charge in [0.15, 0.2) is 0 Å². The highest BCUT2D eigenvalue weighted by molar-refractivity contribution is 7.12. The van der Waals surface area contributed by atoms with Crippen molar-refractivity contribution in [3.8, 4) is 5.75 Å². The van der Waals surface area contributed by atoms with Crippen LogP contribution in [0.25, 0.3) is 0 Å². The summed E-state index contributed by atoms with van der Waals surface area (Å²) in [6.07, 6.45) is 0. The van der Waals surface area contributed by atoms with Crippen LogP contribution in [0.15, 0.2) is 29.6 Å². The number of fused-ring (bicyclic) bond motifs is 1. The number of halogens is 1. The van der Waals surface area contributed by atoms with E-state index in [0.717, 1.165) is 0 Å². The van der Waals surface area contributed by atoms with E-state index < -0.39 is 11.9 Å². The third-order valence-electron chi connectivity index (χ3n) is 3.14. The zero-order chi connectivity index (χ0) is 14.3. The fourth-order valence-electron chi connectivity index (χ4n) is 2.20. The standard InChI is InChI=1S/C14H9ClO4S/c15-7-4-8-10(14(17)18)6-19-13(8)9(5-7)12(16)11-2-1-3-20-11/h1-5,10H,6H2,(H,17,18)/t10-/m0/s1. The quantitative estimate of drug-likeness (QED) is 0.884. The highest BCUT2D eigenvalue weighted by atomic mass is 35.5. The highest BCUT2D eigenvalue weighted by Crippen LogP contribution is 2.40. The molecule has 2 heterocycles. The van der Waals surface area contributed by atoms with E-state index in [1.807, 2.05) is 0 Å². The largest absolute Gasteiger partial charge is 0.491 e. The number of carbonyl (C=O) groups excluding carboxylic acids is 1. The van der Waals surface area contributed by atoms with Crippen molar-refractivity contribution in [3.05, 3.63) is 50.7 Å². The van der Waals surface area contributed by atoms with Gasteiger partial charge >= 0.3 is 5.97 Å². The molecule has 6 heteroatoms. The summed E-state index contributed by atoms with van der Waals surface area (Å²) in [6.45, 7) is 0.0235. The number of carbonyl (C=O) groups is 2. The maximum absolute atomic E-state index is 12.4.